The Bertz CT molecular complexity index is 777. The van der Waals surface area contributed by atoms with Crippen LogP contribution in [0, 0.1) is 12.8 Å². The number of aryl methyl sites for hydroxylation is 1. The molecule has 1 fully saturated rings. The van der Waals surface area contributed by atoms with Gasteiger partial charge in [-0.05, 0) is 24.6 Å². The Labute approximate surface area is 163 Å². The van der Waals surface area contributed by atoms with E-state index in [1.807, 2.05) is 31.2 Å². The number of alkyl halides is 3. The summed E-state index contributed by atoms with van der Waals surface area (Å²) in [6.07, 6.45) is -2.69. The second kappa shape index (κ2) is 8.78. The zero-order chi connectivity index (χ0) is 20.1. The van der Waals surface area contributed by atoms with Crippen LogP contribution in [0.5, 0.6) is 0 Å². The minimum Gasteiger partial charge on any atom is -0.352 e. The molecule has 2 aromatic rings. The highest BCUT2D eigenvalue weighted by Gasteiger charge is 2.30. The molecule has 0 unspecified atom stereocenters. The Balaban J connectivity index is 1.43. The maximum atomic E-state index is 12.6. The summed E-state index contributed by atoms with van der Waals surface area (Å²) in [5.74, 6) is 0.107. The lowest BCUT2D eigenvalue weighted by molar-refractivity contribution is -0.919. The second-order valence-corrected chi connectivity index (χ2v) is 7.60. The van der Waals surface area contributed by atoms with Gasteiger partial charge in [-0.1, -0.05) is 42.0 Å². The third-order valence-corrected chi connectivity index (χ3v) is 5.39. The zero-order valence-corrected chi connectivity index (χ0v) is 16.0. The predicted octanol–water partition coefficient (Wildman–Crippen LogP) is 3.13. The van der Waals surface area contributed by atoms with E-state index in [0.717, 1.165) is 49.2 Å². The average Bonchev–Trinajstić information content (AvgIpc) is 2.67. The maximum Gasteiger partial charge on any atom is 0.416 e. The SMILES string of the molecule is Cc1ccc(CNC(=O)C2CC[NH+](Cc3ccc(C(F)(F)F)cc3)CC2)cc1. The third-order valence-electron chi connectivity index (χ3n) is 5.39. The molecule has 3 nitrogen and oxygen atoms in total. The molecule has 0 radical (unpaired) electrons. The molecule has 0 bridgehead atoms. The fourth-order valence-corrected chi connectivity index (χ4v) is 3.60. The van der Waals surface area contributed by atoms with Crippen LogP contribution in [-0.2, 0) is 24.1 Å². The molecular formula is C22H26F3N2O+. The number of piperidine rings is 1. The Morgan fingerprint density at radius 3 is 2.14 bits per heavy atom. The molecule has 150 valence electrons. The zero-order valence-electron chi connectivity index (χ0n) is 16.0. The molecule has 3 rings (SSSR count). The van der Waals surface area contributed by atoms with Gasteiger partial charge in [-0.3, -0.25) is 4.79 Å². The summed E-state index contributed by atoms with van der Waals surface area (Å²) in [7, 11) is 0. The number of carbonyl (C=O) groups is 1. The highest BCUT2D eigenvalue weighted by atomic mass is 19.4. The van der Waals surface area contributed by atoms with Crippen LogP contribution in [0.25, 0.3) is 0 Å². The van der Waals surface area contributed by atoms with Crippen molar-refractivity contribution in [2.45, 2.75) is 39.0 Å². The molecule has 1 aliphatic rings. The lowest BCUT2D eigenvalue weighted by atomic mass is 9.95. The Hall–Kier alpha value is -2.34. The van der Waals surface area contributed by atoms with Crippen molar-refractivity contribution >= 4 is 5.91 Å². The standard InChI is InChI=1S/C22H25F3N2O/c1-16-2-4-17(5-3-16)14-26-21(28)19-10-12-27(13-11-19)15-18-6-8-20(9-7-18)22(23,24)25/h2-9,19H,10-15H2,1H3,(H,26,28)/p+1. The number of benzene rings is 2. The van der Waals surface area contributed by atoms with Crippen LogP contribution in [-0.4, -0.2) is 19.0 Å². The molecule has 1 aliphatic heterocycles. The van der Waals surface area contributed by atoms with E-state index in [9.17, 15) is 18.0 Å². The van der Waals surface area contributed by atoms with Crippen LogP contribution in [0.15, 0.2) is 48.5 Å². The van der Waals surface area contributed by atoms with Gasteiger partial charge in [0.05, 0.1) is 18.7 Å². The molecule has 2 aromatic carbocycles. The van der Waals surface area contributed by atoms with E-state index in [1.165, 1.54) is 10.5 Å². The maximum absolute atomic E-state index is 12.6. The number of carbonyl (C=O) groups excluding carboxylic acids is 1. The molecular weight excluding hydrogens is 365 g/mol. The van der Waals surface area contributed by atoms with Gasteiger partial charge in [-0.2, -0.15) is 13.2 Å². The molecule has 28 heavy (non-hydrogen) atoms. The Morgan fingerprint density at radius 2 is 1.57 bits per heavy atom. The molecule has 2 N–H and O–H groups in total. The molecule has 1 heterocycles. The van der Waals surface area contributed by atoms with Gasteiger partial charge >= 0.3 is 6.18 Å². The summed E-state index contributed by atoms with van der Waals surface area (Å²) >= 11 is 0. The summed E-state index contributed by atoms with van der Waals surface area (Å²) in [4.78, 5) is 13.7. The van der Waals surface area contributed by atoms with Crippen molar-refractivity contribution < 1.29 is 22.9 Å². The van der Waals surface area contributed by atoms with E-state index >= 15 is 0 Å². The first-order valence-electron chi connectivity index (χ1n) is 9.64. The van der Waals surface area contributed by atoms with Crippen LogP contribution < -0.4 is 10.2 Å². The molecule has 0 atom stereocenters. The summed E-state index contributed by atoms with van der Waals surface area (Å²) in [6, 6.07) is 13.5. The van der Waals surface area contributed by atoms with E-state index in [0.29, 0.717) is 13.1 Å². The topological polar surface area (TPSA) is 33.5 Å². The molecule has 0 aliphatic carbocycles. The van der Waals surface area contributed by atoms with Gasteiger partial charge in [0.25, 0.3) is 0 Å². The summed E-state index contributed by atoms with van der Waals surface area (Å²) in [5.41, 5.74) is 2.56. The van der Waals surface area contributed by atoms with Crippen molar-refractivity contribution in [3.8, 4) is 0 Å². The first-order valence-corrected chi connectivity index (χ1v) is 9.64. The van der Waals surface area contributed by atoms with E-state index in [-0.39, 0.29) is 11.8 Å². The van der Waals surface area contributed by atoms with Crippen molar-refractivity contribution in [2.24, 2.45) is 5.92 Å². The quantitative estimate of drug-likeness (QED) is 0.807. The Morgan fingerprint density at radius 1 is 1.00 bits per heavy atom. The molecule has 6 heteroatoms. The molecule has 0 saturated carbocycles. The molecule has 1 amide bonds. The highest BCUT2D eigenvalue weighted by molar-refractivity contribution is 5.78. The third kappa shape index (κ3) is 5.58. The first kappa shape index (κ1) is 20.4. The number of rotatable bonds is 5. The normalized spacial score (nSPS) is 20.0. The molecule has 0 spiro atoms. The van der Waals surface area contributed by atoms with Gasteiger partial charge in [0.15, 0.2) is 0 Å². The fourth-order valence-electron chi connectivity index (χ4n) is 3.60. The van der Waals surface area contributed by atoms with Gasteiger partial charge < -0.3 is 10.2 Å². The van der Waals surface area contributed by atoms with E-state index in [4.69, 9.17) is 0 Å². The average molecular weight is 391 g/mol. The lowest BCUT2D eigenvalue weighted by Crippen LogP contribution is -3.11. The lowest BCUT2D eigenvalue weighted by Gasteiger charge is -2.28. The molecule has 1 saturated heterocycles. The summed E-state index contributed by atoms with van der Waals surface area (Å²) in [6.45, 7) is 4.96. The van der Waals surface area contributed by atoms with E-state index in [2.05, 4.69) is 5.32 Å². The second-order valence-electron chi connectivity index (χ2n) is 7.60. The van der Waals surface area contributed by atoms with Crippen molar-refractivity contribution in [1.29, 1.82) is 0 Å². The monoisotopic (exact) mass is 391 g/mol. The van der Waals surface area contributed by atoms with E-state index < -0.39 is 11.7 Å². The van der Waals surface area contributed by atoms with Crippen molar-refractivity contribution in [1.82, 2.24) is 5.32 Å². The number of quaternary nitrogens is 1. The number of halogens is 3. The van der Waals surface area contributed by atoms with Gasteiger partial charge in [-0.15, -0.1) is 0 Å². The van der Waals surface area contributed by atoms with Gasteiger partial charge in [0.2, 0.25) is 5.91 Å². The van der Waals surface area contributed by atoms with E-state index in [1.54, 1.807) is 12.1 Å². The summed E-state index contributed by atoms with van der Waals surface area (Å²) in [5, 5.41) is 3.02. The molecule has 0 aromatic heterocycles. The van der Waals surface area contributed by atoms with Crippen molar-refractivity contribution in [3.05, 3.63) is 70.8 Å². The smallest absolute Gasteiger partial charge is 0.352 e. The number of likely N-dealkylation sites (tertiary alicyclic amines) is 1. The van der Waals surface area contributed by atoms with Crippen molar-refractivity contribution in [2.75, 3.05) is 13.1 Å². The Kier molecular flexibility index (Phi) is 6.39. The highest BCUT2D eigenvalue weighted by Crippen LogP contribution is 2.29. The number of hydrogen-bond donors (Lipinski definition) is 2. The van der Waals surface area contributed by atoms with Crippen LogP contribution >= 0.6 is 0 Å². The van der Waals surface area contributed by atoms with Crippen molar-refractivity contribution in [3.63, 3.8) is 0 Å². The van der Waals surface area contributed by atoms with Gasteiger partial charge in [0.1, 0.15) is 6.54 Å². The van der Waals surface area contributed by atoms with Gasteiger partial charge in [-0.25, -0.2) is 0 Å². The minimum absolute atomic E-state index is 0.0156. The number of nitrogens with one attached hydrogen (secondary N) is 2. The van der Waals surface area contributed by atoms with Crippen LogP contribution in [0.4, 0.5) is 13.2 Å². The van der Waals surface area contributed by atoms with Gasteiger partial charge in [0, 0.05) is 30.9 Å². The van der Waals surface area contributed by atoms with Crippen LogP contribution in [0.2, 0.25) is 0 Å². The minimum atomic E-state index is -4.30. The number of amides is 1. The first-order chi connectivity index (χ1) is 13.3. The predicted molar refractivity (Wildman–Crippen MR) is 102 cm³/mol. The van der Waals surface area contributed by atoms with Crippen LogP contribution in [0.3, 0.4) is 0 Å². The fraction of sp³-hybridized carbons (Fsp3) is 0.409. The largest absolute Gasteiger partial charge is 0.416 e. The number of hydrogen-bond acceptors (Lipinski definition) is 1. The van der Waals surface area contributed by atoms with Crippen LogP contribution in [0.1, 0.15) is 35.1 Å². The summed E-state index contributed by atoms with van der Waals surface area (Å²) < 4.78 is 37.9.